The summed E-state index contributed by atoms with van der Waals surface area (Å²) in [5.41, 5.74) is 1.98. The van der Waals surface area contributed by atoms with Crippen LogP contribution in [0.15, 0.2) is 22.7 Å². The van der Waals surface area contributed by atoms with Crippen molar-refractivity contribution < 1.29 is 14.3 Å². The standard InChI is InChI=1S/C13H17BrN2O3/c1-8-4-5-11(10(14)6-8)15-7-12(13(18)19-3)16-9(2)17/h4-6,12,15H,7H2,1-3H3,(H,16,17). The molecule has 1 atom stereocenters. The fourth-order valence-electron chi connectivity index (χ4n) is 1.56. The van der Waals surface area contributed by atoms with Crippen molar-refractivity contribution in [3.05, 3.63) is 28.2 Å². The molecule has 0 saturated carbocycles. The minimum absolute atomic E-state index is 0.258. The molecule has 6 heteroatoms. The lowest BCUT2D eigenvalue weighted by Crippen LogP contribution is -2.45. The second-order valence-electron chi connectivity index (χ2n) is 4.14. The Labute approximate surface area is 120 Å². The van der Waals surface area contributed by atoms with E-state index in [1.165, 1.54) is 14.0 Å². The second kappa shape index (κ2) is 7.13. The van der Waals surface area contributed by atoms with E-state index in [4.69, 9.17) is 0 Å². The number of halogens is 1. The lowest BCUT2D eigenvalue weighted by atomic mass is 10.2. The van der Waals surface area contributed by atoms with Crippen LogP contribution in [0, 0.1) is 6.92 Å². The van der Waals surface area contributed by atoms with Crippen LogP contribution in [0.25, 0.3) is 0 Å². The molecule has 1 rings (SSSR count). The number of aryl methyl sites for hydroxylation is 1. The Bertz CT molecular complexity index is 477. The first kappa shape index (κ1) is 15.5. The molecule has 104 valence electrons. The normalized spacial score (nSPS) is 11.6. The van der Waals surface area contributed by atoms with Gasteiger partial charge in [0.25, 0.3) is 0 Å². The molecule has 0 aliphatic heterocycles. The van der Waals surface area contributed by atoms with Crippen LogP contribution in [-0.4, -0.2) is 31.6 Å². The molecular formula is C13H17BrN2O3. The Kier molecular flexibility index (Phi) is 5.82. The number of hydrogen-bond donors (Lipinski definition) is 2. The average molecular weight is 329 g/mol. The Hall–Kier alpha value is -1.56. The smallest absolute Gasteiger partial charge is 0.330 e. The number of carbonyl (C=O) groups is 2. The number of amides is 1. The van der Waals surface area contributed by atoms with Crippen LogP contribution in [0.2, 0.25) is 0 Å². The molecule has 0 aliphatic rings. The molecule has 0 bridgehead atoms. The zero-order valence-corrected chi connectivity index (χ0v) is 12.7. The van der Waals surface area contributed by atoms with Crippen LogP contribution in [0.4, 0.5) is 5.69 Å². The van der Waals surface area contributed by atoms with Crippen molar-refractivity contribution in [3.63, 3.8) is 0 Å². The molecular weight excluding hydrogens is 312 g/mol. The van der Waals surface area contributed by atoms with Crippen LogP contribution >= 0.6 is 15.9 Å². The summed E-state index contributed by atoms with van der Waals surface area (Å²) >= 11 is 3.44. The van der Waals surface area contributed by atoms with Gasteiger partial charge in [-0.3, -0.25) is 4.79 Å². The first-order valence-electron chi connectivity index (χ1n) is 5.79. The van der Waals surface area contributed by atoms with Crippen LogP contribution in [0.1, 0.15) is 12.5 Å². The molecule has 0 radical (unpaired) electrons. The van der Waals surface area contributed by atoms with Gasteiger partial charge in [-0.2, -0.15) is 0 Å². The number of methoxy groups -OCH3 is 1. The number of rotatable bonds is 5. The molecule has 0 aliphatic carbocycles. The highest BCUT2D eigenvalue weighted by atomic mass is 79.9. The van der Waals surface area contributed by atoms with Crippen LogP contribution in [0.3, 0.4) is 0 Å². The van der Waals surface area contributed by atoms with E-state index < -0.39 is 12.0 Å². The predicted molar refractivity (Wildman–Crippen MR) is 77.0 cm³/mol. The number of anilines is 1. The Morgan fingerprint density at radius 1 is 1.42 bits per heavy atom. The molecule has 0 heterocycles. The predicted octanol–water partition coefficient (Wildman–Crippen LogP) is 1.85. The number of benzene rings is 1. The van der Waals surface area contributed by atoms with E-state index in [1.807, 2.05) is 25.1 Å². The van der Waals surface area contributed by atoms with Gasteiger partial charge in [0.05, 0.1) is 7.11 Å². The fourth-order valence-corrected chi connectivity index (χ4v) is 2.19. The molecule has 0 spiro atoms. The van der Waals surface area contributed by atoms with Gasteiger partial charge in [-0.05, 0) is 40.5 Å². The topological polar surface area (TPSA) is 67.4 Å². The Balaban J connectivity index is 2.70. The van der Waals surface area contributed by atoms with E-state index >= 15 is 0 Å². The maximum atomic E-state index is 11.5. The third kappa shape index (κ3) is 4.90. The van der Waals surface area contributed by atoms with E-state index in [1.54, 1.807) is 0 Å². The van der Waals surface area contributed by atoms with Crippen molar-refractivity contribution in [3.8, 4) is 0 Å². The summed E-state index contributed by atoms with van der Waals surface area (Å²) in [5, 5.41) is 5.64. The zero-order valence-electron chi connectivity index (χ0n) is 11.1. The number of ether oxygens (including phenoxy) is 1. The second-order valence-corrected chi connectivity index (χ2v) is 4.99. The molecule has 0 saturated heterocycles. The first-order valence-corrected chi connectivity index (χ1v) is 6.58. The van der Waals surface area contributed by atoms with Gasteiger partial charge in [-0.25, -0.2) is 4.79 Å². The third-order valence-electron chi connectivity index (χ3n) is 2.48. The van der Waals surface area contributed by atoms with Crippen molar-refractivity contribution in [1.82, 2.24) is 5.32 Å². The van der Waals surface area contributed by atoms with Gasteiger partial charge in [0.15, 0.2) is 0 Å². The van der Waals surface area contributed by atoms with Gasteiger partial charge in [-0.15, -0.1) is 0 Å². The number of nitrogens with one attached hydrogen (secondary N) is 2. The monoisotopic (exact) mass is 328 g/mol. The van der Waals surface area contributed by atoms with Crippen LogP contribution in [0.5, 0.6) is 0 Å². The summed E-state index contributed by atoms with van der Waals surface area (Å²) in [6.07, 6.45) is 0. The number of esters is 1. The summed E-state index contributed by atoms with van der Waals surface area (Å²) in [7, 11) is 1.29. The minimum Gasteiger partial charge on any atom is -0.467 e. The Morgan fingerprint density at radius 3 is 2.63 bits per heavy atom. The van der Waals surface area contributed by atoms with E-state index in [9.17, 15) is 9.59 Å². The first-order chi connectivity index (χ1) is 8.93. The van der Waals surface area contributed by atoms with Crippen LogP contribution < -0.4 is 10.6 Å². The summed E-state index contributed by atoms with van der Waals surface area (Å²) in [6, 6.07) is 5.12. The van der Waals surface area contributed by atoms with E-state index in [2.05, 4.69) is 31.3 Å². The van der Waals surface area contributed by atoms with E-state index in [0.717, 1.165) is 15.7 Å². The maximum absolute atomic E-state index is 11.5. The largest absolute Gasteiger partial charge is 0.467 e. The van der Waals surface area contributed by atoms with E-state index in [-0.39, 0.29) is 12.5 Å². The summed E-state index contributed by atoms with van der Waals surface area (Å²) in [6.45, 7) is 3.61. The van der Waals surface area contributed by atoms with Gasteiger partial charge in [0.1, 0.15) is 6.04 Å². The lowest BCUT2D eigenvalue weighted by molar-refractivity contribution is -0.144. The highest BCUT2D eigenvalue weighted by Crippen LogP contribution is 2.23. The summed E-state index contributed by atoms with van der Waals surface area (Å²) in [5.74, 6) is -0.758. The van der Waals surface area contributed by atoms with Gasteiger partial charge in [-0.1, -0.05) is 6.07 Å². The SMILES string of the molecule is COC(=O)C(CNc1ccc(C)cc1Br)NC(C)=O. The molecule has 5 nitrogen and oxygen atoms in total. The Morgan fingerprint density at radius 2 is 2.11 bits per heavy atom. The highest BCUT2D eigenvalue weighted by molar-refractivity contribution is 9.10. The minimum atomic E-state index is -0.712. The molecule has 1 aromatic carbocycles. The fraction of sp³-hybridized carbons (Fsp3) is 0.385. The average Bonchev–Trinajstić information content (AvgIpc) is 2.34. The molecule has 19 heavy (non-hydrogen) atoms. The van der Waals surface area contributed by atoms with Crippen LogP contribution in [-0.2, 0) is 14.3 Å². The summed E-state index contributed by atoms with van der Waals surface area (Å²) < 4.78 is 5.55. The number of carbonyl (C=O) groups excluding carboxylic acids is 2. The van der Waals surface area contributed by atoms with Gasteiger partial charge >= 0.3 is 5.97 Å². The van der Waals surface area contributed by atoms with Gasteiger partial charge < -0.3 is 15.4 Å². The van der Waals surface area contributed by atoms with Crippen molar-refractivity contribution in [1.29, 1.82) is 0 Å². The quantitative estimate of drug-likeness (QED) is 0.809. The molecule has 0 fully saturated rings. The van der Waals surface area contributed by atoms with Crippen molar-refractivity contribution in [2.24, 2.45) is 0 Å². The molecule has 1 aromatic rings. The number of hydrogen-bond acceptors (Lipinski definition) is 4. The summed E-state index contributed by atoms with van der Waals surface area (Å²) in [4.78, 5) is 22.6. The van der Waals surface area contributed by atoms with Crippen molar-refractivity contribution in [2.45, 2.75) is 19.9 Å². The molecule has 0 aromatic heterocycles. The van der Waals surface area contributed by atoms with Gasteiger partial charge in [0, 0.05) is 23.6 Å². The molecule has 1 amide bonds. The van der Waals surface area contributed by atoms with Gasteiger partial charge in [0.2, 0.25) is 5.91 Å². The molecule has 1 unspecified atom stereocenters. The zero-order chi connectivity index (χ0) is 14.4. The van der Waals surface area contributed by atoms with Crippen molar-refractivity contribution >= 4 is 33.5 Å². The maximum Gasteiger partial charge on any atom is 0.330 e. The molecule has 2 N–H and O–H groups in total. The third-order valence-corrected chi connectivity index (χ3v) is 3.14. The van der Waals surface area contributed by atoms with E-state index in [0.29, 0.717) is 0 Å². The lowest BCUT2D eigenvalue weighted by Gasteiger charge is -2.17. The van der Waals surface area contributed by atoms with Crippen molar-refractivity contribution in [2.75, 3.05) is 19.0 Å². The highest BCUT2D eigenvalue weighted by Gasteiger charge is 2.19.